The zero-order valence-corrected chi connectivity index (χ0v) is 20.8. The molecule has 8 heteroatoms. The van der Waals surface area contributed by atoms with Gasteiger partial charge in [-0.05, 0) is 57.4 Å². The van der Waals surface area contributed by atoms with Crippen molar-refractivity contribution in [3.8, 4) is 0 Å². The lowest BCUT2D eigenvalue weighted by Gasteiger charge is -2.67. The van der Waals surface area contributed by atoms with Gasteiger partial charge in [0.2, 0.25) is 5.78 Å². The van der Waals surface area contributed by atoms with Gasteiger partial charge in [-0.1, -0.05) is 26.0 Å². The molecule has 3 aliphatic carbocycles. The summed E-state index contributed by atoms with van der Waals surface area (Å²) in [6.45, 7) is 13.6. The van der Waals surface area contributed by atoms with Crippen molar-refractivity contribution < 1.29 is 38.6 Å². The minimum absolute atomic E-state index is 0.101. The topological polar surface area (TPSA) is 124 Å². The lowest BCUT2D eigenvalue weighted by molar-refractivity contribution is -0.224. The van der Waals surface area contributed by atoms with Gasteiger partial charge in [0.05, 0.1) is 12.5 Å². The molecule has 0 aromatic carbocycles. The number of carbonyl (C=O) groups is 5. The quantitative estimate of drug-likeness (QED) is 0.351. The maximum Gasteiger partial charge on any atom is 0.322 e. The lowest BCUT2D eigenvalue weighted by Crippen LogP contribution is -2.77. The molecular formula is C26H32O8. The van der Waals surface area contributed by atoms with Gasteiger partial charge in [0, 0.05) is 11.8 Å². The Morgan fingerprint density at radius 1 is 1.12 bits per heavy atom. The van der Waals surface area contributed by atoms with E-state index in [1.807, 2.05) is 6.92 Å². The number of fused-ring (bicyclic) bond motifs is 5. The molecule has 6 atom stereocenters. The van der Waals surface area contributed by atoms with Crippen molar-refractivity contribution in [2.24, 2.45) is 33.0 Å². The van der Waals surface area contributed by atoms with Crippen LogP contribution in [0, 0.1) is 33.0 Å². The molecule has 1 saturated heterocycles. The van der Waals surface area contributed by atoms with Crippen LogP contribution in [0.4, 0.5) is 0 Å². The Kier molecular flexibility index (Phi) is 4.78. The molecule has 34 heavy (non-hydrogen) atoms. The number of ketones is 3. The van der Waals surface area contributed by atoms with Gasteiger partial charge in [-0.25, -0.2) is 0 Å². The molecule has 1 aliphatic heterocycles. The Bertz CT molecular complexity index is 1130. The van der Waals surface area contributed by atoms with Crippen LogP contribution in [-0.4, -0.2) is 47.6 Å². The predicted octanol–water partition coefficient (Wildman–Crippen LogP) is 3.04. The summed E-state index contributed by atoms with van der Waals surface area (Å²) < 4.78 is 10.5. The average Bonchev–Trinajstić information content (AvgIpc) is 2.76. The second-order valence-corrected chi connectivity index (χ2v) is 11.4. The molecule has 0 aromatic heterocycles. The molecule has 0 radical (unpaired) electrons. The molecule has 184 valence electrons. The molecule has 8 nitrogen and oxygen atoms in total. The SMILES string of the molecule is C=C1C[C@H]2[C@@]3(C)CCC(=O)C(C)(C)C3=C(O)C(=O)[C@@]2(C)[C@]2(C(=O)OC)C(=O)[C@@H](C)OC(=O)[C@@]12C. The van der Waals surface area contributed by atoms with E-state index >= 15 is 0 Å². The number of methoxy groups -OCH3 is 1. The third kappa shape index (κ3) is 2.19. The van der Waals surface area contributed by atoms with Gasteiger partial charge in [0.25, 0.3) is 0 Å². The van der Waals surface area contributed by atoms with Crippen molar-refractivity contribution in [1.29, 1.82) is 0 Å². The Morgan fingerprint density at radius 3 is 2.26 bits per heavy atom. The van der Waals surface area contributed by atoms with Gasteiger partial charge in [-0.2, -0.15) is 0 Å². The summed E-state index contributed by atoms with van der Waals surface area (Å²) >= 11 is 0. The minimum atomic E-state index is -2.30. The number of cyclic esters (lactones) is 1. The molecule has 0 aromatic rings. The average molecular weight is 473 g/mol. The molecule has 0 bridgehead atoms. The molecule has 1 heterocycles. The second-order valence-electron chi connectivity index (χ2n) is 11.4. The highest BCUT2D eigenvalue weighted by molar-refractivity contribution is 6.20. The molecule has 4 rings (SSSR count). The maximum atomic E-state index is 14.2. The standard InChI is InChI=1S/C26H32O8/c1-12-11-14-23(5)10-9-15(27)22(3,4)17(23)16(28)19(30)25(14,7)26(21(32)33-8)18(29)13(2)34-20(31)24(12,26)6/h13-14,28H,1,9-11H2,2-8H3/t13-,14+,23-,24-,25+,26+/m1/s1. The van der Waals surface area contributed by atoms with E-state index in [1.54, 1.807) is 13.8 Å². The number of carbonyl (C=O) groups excluding carboxylic acids is 5. The van der Waals surface area contributed by atoms with E-state index in [9.17, 15) is 29.1 Å². The summed E-state index contributed by atoms with van der Waals surface area (Å²) in [6.07, 6.45) is -0.646. The Hall–Kier alpha value is -2.77. The van der Waals surface area contributed by atoms with Crippen molar-refractivity contribution >= 4 is 29.3 Å². The number of aliphatic hydroxyl groups is 1. The molecule has 3 fully saturated rings. The highest BCUT2D eigenvalue weighted by Crippen LogP contribution is 2.74. The monoisotopic (exact) mass is 472 g/mol. The first kappa shape index (κ1) is 24.4. The largest absolute Gasteiger partial charge is 0.504 e. The lowest BCUT2D eigenvalue weighted by atomic mass is 9.32. The van der Waals surface area contributed by atoms with Crippen LogP contribution in [0.1, 0.15) is 60.8 Å². The molecule has 4 aliphatic rings. The maximum absolute atomic E-state index is 14.2. The van der Waals surface area contributed by atoms with E-state index in [4.69, 9.17) is 9.47 Å². The zero-order valence-electron chi connectivity index (χ0n) is 20.8. The number of ether oxygens (including phenoxy) is 2. The highest BCUT2D eigenvalue weighted by atomic mass is 16.6. The van der Waals surface area contributed by atoms with Crippen LogP contribution in [0.15, 0.2) is 23.5 Å². The fourth-order valence-electron chi connectivity index (χ4n) is 7.94. The normalized spacial score (nSPS) is 43.6. The van der Waals surface area contributed by atoms with Gasteiger partial charge in [-0.15, -0.1) is 0 Å². The Balaban J connectivity index is 2.18. The fraction of sp³-hybridized carbons (Fsp3) is 0.654. The van der Waals surface area contributed by atoms with E-state index in [2.05, 4.69) is 6.58 Å². The molecular weight excluding hydrogens is 440 g/mol. The van der Waals surface area contributed by atoms with Crippen LogP contribution in [-0.2, 0) is 33.4 Å². The van der Waals surface area contributed by atoms with E-state index in [0.717, 1.165) is 7.11 Å². The number of aliphatic hydroxyl groups excluding tert-OH is 1. The molecule has 2 saturated carbocycles. The summed E-state index contributed by atoms with van der Waals surface area (Å²) in [5.74, 6) is -4.88. The van der Waals surface area contributed by atoms with Crippen LogP contribution < -0.4 is 0 Å². The number of hydrogen-bond donors (Lipinski definition) is 1. The summed E-state index contributed by atoms with van der Waals surface area (Å²) in [5.41, 5.74) is -7.45. The highest BCUT2D eigenvalue weighted by Gasteiger charge is 2.84. The summed E-state index contributed by atoms with van der Waals surface area (Å²) in [4.78, 5) is 68.2. The minimum Gasteiger partial charge on any atom is -0.504 e. The van der Waals surface area contributed by atoms with Gasteiger partial charge < -0.3 is 14.6 Å². The summed E-state index contributed by atoms with van der Waals surface area (Å²) in [7, 11) is 1.10. The van der Waals surface area contributed by atoms with Crippen LogP contribution in [0.2, 0.25) is 0 Å². The van der Waals surface area contributed by atoms with Gasteiger partial charge >= 0.3 is 11.9 Å². The molecule has 0 spiro atoms. The third-order valence-corrected chi connectivity index (χ3v) is 9.76. The third-order valence-electron chi connectivity index (χ3n) is 9.76. The number of esters is 2. The smallest absolute Gasteiger partial charge is 0.322 e. The number of hydrogen-bond acceptors (Lipinski definition) is 8. The first-order valence-corrected chi connectivity index (χ1v) is 11.6. The number of Topliss-reactive ketones (excluding diaryl/α,β-unsaturated/α-hetero) is 3. The van der Waals surface area contributed by atoms with Crippen molar-refractivity contribution in [3.05, 3.63) is 23.5 Å². The van der Waals surface area contributed by atoms with Crippen LogP contribution in [0.25, 0.3) is 0 Å². The Labute approximate surface area is 198 Å². The van der Waals surface area contributed by atoms with Gasteiger partial charge in [0.1, 0.15) is 11.2 Å². The molecule has 1 N–H and O–H groups in total. The van der Waals surface area contributed by atoms with E-state index in [-0.39, 0.29) is 24.2 Å². The van der Waals surface area contributed by atoms with Crippen molar-refractivity contribution in [2.45, 2.75) is 66.9 Å². The van der Waals surface area contributed by atoms with Gasteiger partial charge in [-0.3, -0.25) is 24.0 Å². The molecule has 0 unspecified atom stereocenters. The van der Waals surface area contributed by atoms with Crippen LogP contribution in [0.3, 0.4) is 0 Å². The fourth-order valence-corrected chi connectivity index (χ4v) is 7.94. The van der Waals surface area contributed by atoms with E-state index in [1.165, 1.54) is 20.8 Å². The first-order valence-electron chi connectivity index (χ1n) is 11.6. The van der Waals surface area contributed by atoms with Crippen molar-refractivity contribution in [1.82, 2.24) is 0 Å². The summed E-state index contributed by atoms with van der Waals surface area (Å²) in [5, 5.41) is 11.4. The first-order chi connectivity index (χ1) is 15.5. The zero-order chi connectivity index (χ0) is 25.8. The van der Waals surface area contributed by atoms with E-state index in [0.29, 0.717) is 12.0 Å². The van der Waals surface area contributed by atoms with Gasteiger partial charge in [0.15, 0.2) is 23.1 Å². The number of allylic oxidation sites excluding steroid dienone is 2. The Morgan fingerprint density at radius 2 is 1.71 bits per heavy atom. The van der Waals surface area contributed by atoms with Crippen LogP contribution >= 0.6 is 0 Å². The van der Waals surface area contributed by atoms with E-state index < -0.39 is 68.4 Å². The second kappa shape index (κ2) is 6.67. The number of rotatable bonds is 1. The molecule has 0 amide bonds. The van der Waals surface area contributed by atoms with Crippen molar-refractivity contribution in [3.63, 3.8) is 0 Å². The van der Waals surface area contributed by atoms with Crippen molar-refractivity contribution in [2.75, 3.05) is 7.11 Å². The summed E-state index contributed by atoms with van der Waals surface area (Å²) in [6, 6.07) is 0. The predicted molar refractivity (Wildman–Crippen MR) is 119 cm³/mol. The van der Waals surface area contributed by atoms with Crippen LogP contribution in [0.5, 0.6) is 0 Å².